The summed E-state index contributed by atoms with van der Waals surface area (Å²) < 4.78 is 1.95. The second kappa shape index (κ2) is 6.00. The lowest BCUT2D eigenvalue weighted by Gasteiger charge is -2.25. The Hall–Kier alpha value is -1.36. The normalized spacial score (nSPS) is 19.8. The van der Waals surface area contributed by atoms with Gasteiger partial charge in [-0.05, 0) is 19.4 Å². The van der Waals surface area contributed by atoms with Crippen molar-refractivity contribution in [3.63, 3.8) is 0 Å². The molecule has 1 atom stereocenters. The largest absolute Gasteiger partial charge is 0.338 e. The zero-order valence-corrected chi connectivity index (χ0v) is 11.2. The topological polar surface area (TPSA) is 50.2 Å². The number of piperidine rings is 1. The second-order valence-corrected chi connectivity index (χ2v) is 5.06. The Morgan fingerprint density at radius 3 is 3.06 bits per heavy atom. The highest BCUT2D eigenvalue weighted by atomic mass is 16.2. The fourth-order valence-corrected chi connectivity index (χ4v) is 2.31. The molecular formula is C13H22N4O. The Kier molecular flexibility index (Phi) is 4.36. The van der Waals surface area contributed by atoms with Gasteiger partial charge in [0.15, 0.2) is 0 Å². The molecule has 0 radical (unpaired) electrons. The minimum Gasteiger partial charge on any atom is -0.338 e. The molecule has 1 aromatic heterocycles. The quantitative estimate of drug-likeness (QED) is 0.864. The van der Waals surface area contributed by atoms with Crippen molar-refractivity contribution in [1.82, 2.24) is 19.8 Å². The molecule has 1 fully saturated rings. The lowest BCUT2D eigenvalue weighted by Crippen LogP contribution is -2.39. The van der Waals surface area contributed by atoms with Gasteiger partial charge in [-0.25, -0.2) is 4.98 Å². The Morgan fingerprint density at radius 2 is 2.44 bits per heavy atom. The van der Waals surface area contributed by atoms with Crippen LogP contribution in [0.15, 0.2) is 12.4 Å². The SMILES string of the molecule is CN(Cc1nccn1C)C(=O)CC1CCCCN1. The molecule has 0 aliphatic carbocycles. The molecule has 5 nitrogen and oxygen atoms in total. The molecule has 0 spiro atoms. The van der Waals surface area contributed by atoms with Crippen molar-refractivity contribution >= 4 is 5.91 Å². The minimum absolute atomic E-state index is 0.192. The molecule has 2 rings (SSSR count). The van der Waals surface area contributed by atoms with E-state index in [9.17, 15) is 4.79 Å². The lowest BCUT2D eigenvalue weighted by atomic mass is 10.0. The average molecular weight is 250 g/mol. The third-order valence-electron chi connectivity index (χ3n) is 3.56. The van der Waals surface area contributed by atoms with E-state index in [1.165, 1.54) is 12.8 Å². The first kappa shape index (κ1) is 13.1. The van der Waals surface area contributed by atoms with E-state index in [-0.39, 0.29) is 5.91 Å². The van der Waals surface area contributed by atoms with E-state index in [1.54, 1.807) is 11.1 Å². The number of amides is 1. The van der Waals surface area contributed by atoms with Gasteiger partial charge >= 0.3 is 0 Å². The van der Waals surface area contributed by atoms with Crippen LogP contribution in [0.2, 0.25) is 0 Å². The van der Waals surface area contributed by atoms with Crippen LogP contribution in [-0.2, 0) is 18.4 Å². The molecule has 0 aromatic carbocycles. The number of aromatic nitrogens is 2. The van der Waals surface area contributed by atoms with Gasteiger partial charge < -0.3 is 14.8 Å². The van der Waals surface area contributed by atoms with Gasteiger partial charge in [-0.3, -0.25) is 4.79 Å². The molecule has 0 bridgehead atoms. The summed E-state index contributed by atoms with van der Waals surface area (Å²) in [6, 6.07) is 0.357. The van der Waals surface area contributed by atoms with Crippen molar-refractivity contribution in [3.05, 3.63) is 18.2 Å². The fourth-order valence-electron chi connectivity index (χ4n) is 2.31. The van der Waals surface area contributed by atoms with Gasteiger partial charge in [0.05, 0.1) is 6.54 Å². The van der Waals surface area contributed by atoms with Crippen LogP contribution >= 0.6 is 0 Å². The highest BCUT2D eigenvalue weighted by molar-refractivity contribution is 5.76. The summed E-state index contributed by atoms with van der Waals surface area (Å²) in [5, 5.41) is 3.41. The molecule has 1 unspecified atom stereocenters. The minimum atomic E-state index is 0.192. The van der Waals surface area contributed by atoms with Crippen LogP contribution in [0.25, 0.3) is 0 Å². The number of nitrogens with zero attached hydrogens (tertiary/aromatic N) is 3. The van der Waals surface area contributed by atoms with E-state index in [4.69, 9.17) is 0 Å². The van der Waals surface area contributed by atoms with Gasteiger partial charge in [0.1, 0.15) is 5.82 Å². The first-order chi connectivity index (χ1) is 8.66. The molecular weight excluding hydrogens is 228 g/mol. The zero-order valence-electron chi connectivity index (χ0n) is 11.2. The summed E-state index contributed by atoms with van der Waals surface area (Å²) >= 11 is 0. The average Bonchev–Trinajstić information content (AvgIpc) is 2.76. The fraction of sp³-hybridized carbons (Fsp3) is 0.692. The van der Waals surface area contributed by atoms with Crippen molar-refractivity contribution in [1.29, 1.82) is 0 Å². The van der Waals surface area contributed by atoms with E-state index < -0.39 is 0 Å². The standard InChI is InChI=1S/C13H22N4O/c1-16-8-7-15-12(16)10-17(2)13(18)9-11-5-3-4-6-14-11/h7-8,11,14H,3-6,9-10H2,1-2H3. The lowest BCUT2D eigenvalue weighted by molar-refractivity contribution is -0.131. The van der Waals surface area contributed by atoms with Crippen molar-refractivity contribution in [2.75, 3.05) is 13.6 Å². The van der Waals surface area contributed by atoms with Crippen LogP contribution in [0.4, 0.5) is 0 Å². The van der Waals surface area contributed by atoms with Crippen LogP contribution in [0.5, 0.6) is 0 Å². The third kappa shape index (κ3) is 3.32. The molecule has 18 heavy (non-hydrogen) atoms. The van der Waals surface area contributed by atoms with Gasteiger partial charge in [-0.2, -0.15) is 0 Å². The first-order valence-electron chi connectivity index (χ1n) is 6.60. The van der Waals surface area contributed by atoms with Gasteiger partial charge in [0, 0.05) is 39.0 Å². The smallest absolute Gasteiger partial charge is 0.224 e. The highest BCUT2D eigenvalue weighted by Gasteiger charge is 2.19. The summed E-state index contributed by atoms with van der Waals surface area (Å²) in [6.07, 6.45) is 7.83. The summed E-state index contributed by atoms with van der Waals surface area (Å²) in [6.45, 7) is 1.62. The molecule has 5 heteroatoms. The van der Waals surface area contributed by atoms with Gasteiger partial charge in [-0.1, -0.05) is 6.42 Å². The summed E-state index contributed by atoms with van der Waals surface area (Å²) in [5.74, 6) is 1.11. The van der Waals surface area contributed by atoms with Crippen LogP contribution < -0.4 is 5.32 Å². The van der Waals surface area contributed by atoms with E-state index in [0.29, 0.717) is 19.0 Å². The van der Waals surface area contributed by atoms with Crippen molar-refractivity contribution in [3.8, 4) is 0 Å². The van der Waals surface area contributed by atoms with Crippen molar-refractivity contribution in [2.45, 2.75) is 38.3 Å². The molecule has 0 saturated carbocycles. The first-order valence-corrected chi connectivity index (χ1v) is 6.60. The molecule has 1 amide bonds. The van der Waals surface area contributed by atoms with Crippen LogP contribution in [0.1, 0.15) is 31.5 Å². The van der Waals surface area contributed by atoms with Crippen molar-refractivity contribution < 1.29 is 4.79 Å². The van der Waals surface area contributed by atoms with Crippen LogP contribution in [0, 0.1) is 0 Å². The molecule has 1 aliphatic heterocycles. The van der Waals surface area contributed by atoms with E-state index >= 15 is 0 Å². The van der Waals surface area contributed by atoms with Gasteiger partial charge in [-0.15, -0.1) is 0 Å². The monoisotopic (exact) mass is 250 g/mol. The highest BCUT2D eigenvalue weighted by Crippen LogP contribution is 2.11. The summed E-state index contributed by atoms with van der Waals surface area (Å²) in [5.41, 5.74) is 0. The van der Waals surface area contributed by atoms with Gasteiger partial charge in [0.2, 0.25) is 5.91 Å². The Morgan fingerprint density at radius 1 is 1.61 bits per heavy atom. The number of hydrogen-bond acceptors (Lipinski definition) is 3. The molecule has 2 heterocycles. The van der Waals surface area contributed by atoms with E-state index in [0.717, 1.165) is 18.8 Å². The number of hydrogen-bond donors (Lipinski definition) is 1. The van der Waals surface area contributed by atoms with Crippen LogP contribution in [0.3, 0.4) is 0 Å². The third-order valence-corrected chi connectivity index (χ3v) is 3.56. The summed E-state index contributed by atoms with van der Waals surface area (Å²) in [7, 11) is 3.79. The Balaban J connectivity index is 1.83. The number of rotatable bonds is 4. The number of nitrogens with one attached hydrogen (secondary N) is 1. The Bertz CT molecular complexity index is 395. The maximum absolute atomic E-state index is 12.1. The maximum Gasteiger partial charge on any atom is 0.224 e. The van der Waals surface area contributed by atoms with E-state index in [1.807, 2.05) is 24.9 Å². The van der Waals surface area contributed by atoms with Crippen molar-refractivity contribution in [2.24, 2.45) is 7.05 Å². The molecule has 1 aliphatic rings. The Labute approximate surface area is 108 Å². The molecule has 1 aromatic rings. The predicted molar refractivity (Wildman–Crippen MR) is 69.9 cm³/mol. The van der Waals surface area contributed by atoms with E-state index in [2.05, 4.69) is 10.3 Å². The number of carbonyl (C=O) groups is 1. The number of imidazole rings is 1. The van der Waals surface area contributed by atoms with Crippen LogP contribution in [-0.4, -0.2) is 40.0 Å². The second-order valence-electron chi connectivity index (χ2n) is 5.06. The molecule has 1 N–H and O–H groups in total. The van der Waals surface area contributed by atoms with Gasteiger partial charge in [0.25, 0.3) is 0 Å². The zero-order chi connectivity index (χ0) is 13.0. The predicted octanol–water partition coefficient (Wildman–Crippen LogP) is 0.911. The summed E-state index contributed by atoms with van der Waals surface area (Å²) in [4.78, 5) is 18.1. The number of carbonyl (C=O) groups excluding carboxylic acids is 1. The molecule has 1 saturated heterocycles. The number of aryl methyl sites for hydroxylation is 1. The maximum atomic E-state index is 12.1. The molecule has 100 valence electrons.